The van der Waals surface area contributed by atoms with Gasteiger partial charge in [-0.15, -0.1) is 0 Å². The van der Waals surface area contributed by atoms with Gasteiger partial charge in [0, 0.05) is 19.1 Å². The Morgan fingerprint density at radius 2 is 2.10 bits per heavy atom. The number of piperidine rings is 1. The van der Waals surface area contributed by atoms with E-state index in [1.54, 1.807) is 0 Å². The molecule has 0 amide bonds. The van der Waals surface area contributed by atoms with Crippen LogP contribution in [0.4, 0.5) is 4.39 Å². The Bertz CT molecular complexity index is 637. The van der Waals surface area contributed by atoms with Gasteiger partial charge in [0.2, 0.25) is 10.0 Å². The molecule has 2 rings (SSSR count). The van der Waals surface area contributed by atoms with Gasteiger partial charge in [0.1, 0.15) is 4.90 Å². The molecule has 1 aromatic carbocycles. The van der Waals surface area contributed by atoms with Gasteiger partial charge in [-0.05, 0) is 37.8 Å². The third-order valence-corrected chi connectivity index (χ3v) is 6.46. The van der Waals surface area contributed by atoms with Crippen LogP contribution >= 0.6 is 23.2 Å². The summed E-state index contributed by atoms with van der Waals surface area (Å²) in [4.78, 5) is -0.253. The van der Waals surface area contributed by atoms with Gasteiger partial charge in [0.15, 0.2) is 5.82 Å². The molecule has 0 bridgehead atoms. The van der Waals surface area contributed by atoms with Crippen LogP contribution in [-0.4, -0.2) is 31.9 Å². The predicted octanol–water partition coefficient (Wildman–Crippen LogP) is 2.88. The Morgan fingerprint density at radius 1 is 1.43 bits per heavy atom. The average Bonchev–Trinajstić information content (AvgIpc) is 2.44. The second-order valence-corrected chi connectivity index (χ2v) is 7.99. The first-order chi connectivity index (χ1) is 9.75. The minimum Gasteiger partial charge on any atom is -0.328 e. The maximum Gasteiger partial charge on any atom is 0.244 e. The van der Waals surface area contributed by atoms with E-state index in [1.807, 2.05) is 6.92 Å². The van der Waals surface area contributed by atoms with Gasteiger partial charge in [0.05, 0.1) is 10.0 Å². The molecule has 0 aliphatic carbocycles. The number of benzene rings is 1. The van der Waals surface area contributed by atoms with Crippen LogP contribution in [0, 0.1) is 11.7 Å². The van der Waals surface area contributed by atoms with Crippen molar-refractivity contribution in [3.8, 4) is 0 Å². The molecule has 1 aliphatic rings. The molecule has 1 saturated heterocycles. The Kier molecular flexibility index (Phi) is 5.15. The summed E-state index contributed by atoms with van der Waals surface area (Å²) >= 11 is 11.4. The summed E-state index contributed by atoms with van der Waals surface area (Å²) < 4.78 is 40.3. The highest BCUT2D eigenvalue weighted by Gasteiger charge is 2.33. The van der Waals surface area contributed by atoms with Crippen molar-refractivity contribution in [3.63, 3.8) is 0 Å². The fourth-order valence-corrected chi connectivity index (χ4v) is 4.72. The van der Waals surface area contributed by atoms with Crippen molar-refractivity contribution in [2.45, 2.75) is 30.7 Å². The smallest absolute Gasteiger partial charge is 0.244 e. The first-order valence-corrected chi connectivity index (χ1v) is 8.84. The molecule has 0 radical (unpaired) electrons. The van der Waals surface area contributed by atoms with Crippen molar-refractivity contribution in [2.75, 3.05) is 13.1 Å². The first kappa shape index (κ1) is 17.0. The van der Waals surface area contributed by atoms with E-state index in [9.17, 15) is 12.8 Å². The minimum atomic E-state index is -3.85. The Hall–Kier alpha value is -0.400. The highest BCUT2D eigenvalue weighted by Crippen LogP contribution is 2.33. The summed E-state index contributed by atoms with van der Waals surface area (Å²) in [5.41, 5.74) is 5.86. The molecule has 1 aliphatic heterocycles. The maximum atomic E-state index is 13.7. The number of sulfonamides is 1. The first-order valence-electron chi connectivity index (χ1n) is 6.64. The normalized spacial score (nSPS) is 22.2. The van der Waals surface area contributed by atoms with Gasteiger partial charge in [-0.25, -0.2) is 12.8 Å². The summed E-state index contributed by atoms with van der Waals surface area (Å²) in [6.45, 7) is 2.56. The molecule has 0 spiro atoms. The number of nitrogens with two attached hydrogens (primary N) is 1. The van der Waals surface area contributed by atoms with E-state index in [-0.39, 0.29) is 21.9 Å². The largest absolute Gasteiger partial charge is 0.328 e. The molecular weight excluding hydrogens is 338 g/mol. The fraction of sp³-hybridized carbons (Fsp3) is 0.538. The molecular formula is C13H17Cl2FN2O2S. The summed E-state index contributed by atoms with van der Waals surface area (Å²) in [6.07, 6.45) is 1.60. The van der Waals surface area contributed by atoms with Crippen LogP contribution in [0.1, 0.15) is 19.8 Å². The number of rotatable bonds is 3. The van der Waals surface area contributed by atoms with Crippen LogP contribution in [0.5, 0.6) is 0 Å². The van der Waals surface area contributed by atoms with Gasteiger partial charge in [-0.1, -0.05) is 23.2 Å². The Balaban J connectivity index is 2.36. The van der Waals surface area contributed by atoms with E-state index in [1.165, 1.54) is 16.4 Å². The Labute approximate surface area is 134 Å². The van der Waals surface area contributed by atoms with Crippen molar-refractivity contribution < 1.29 is 12.8 Å². The summed E-state index contributed by atoms with van der Waals surface area (Å²) in [7, 11) is -3.85. The summed E-state index contributed by atoms with van der Waals surface area (Å²) in [5.74, 6) is -0.829. The average molecular weight is 355 g/mol. The molecule has 1 heterocycles. The second kappa shape index (κ2) is 6.38. The van der Waals surface area contributed by atoms with E-state index in [0.29, 0.717) is 13.1 Å². The van der Waals surface area contributed by atoms with Crippen LogP contribution in [0.3, 0.4) is 0 Å². The zero-order valence-electron chi connectivity index (χ0n) is 11.5. The highest BCUT2D eigenvalue weighted by atomic mass is 35.5. The second-order valence-electron chi connectivity index (χ2n) is 5.30. The van der Waals surface area contributed by atoms with E-state index < -0.39 is 20.9 Å². The SMILES string of the molecule is CC(N)C1CCCN(S(=O)(=O)c2ccc(Cl)c(F)c2Cl)C1. The third-order valence-electron chi connectivity index (χ3n) is 3.78. The lowest BCUT2D eigenvalue weighted by molar-refractivity contribution is 0.243. The molecule has 1 fully saturated rings. The maximum absolute atomic E-state index is 13.7. The third kappa shape index (κ3) is 3.35. The molecule has 21 heavy (non-hydrogen) atoms. The van der Waals surface area contributed by atoms with Crippen LogP contribution in [0.2, 0.25) is 10.0 Å². The molecule has 0 aromatic heterocycles. The fourth-order valence-electron chi connectivity index (χ4n) is 2.47. The van der Waals surface area contributed by atoms with Gasteiger partial charge in [0.25, 0.3) is 0 Å². The highest BCUT2D eigenvalue weighted by molar-refractivity contribution is 7.89. The van der Waals surface area contributed by atoms with Crippen LogP contribution in [0.25, 0.3) is 0 Å². The number of nitrogens with zero attached hydrogens (tertiary/aromatic N) is 1. The Morgan fingerprint density at radius 3 is 2.71 bits per heavy atom. The summed E-state index contributed by atoms with van der Waals surface area (Å²) in [5, 5.41) is -0.670. The van der Waals surface area contributed by atoms with E-state index in [0.717, 1.165) is 12.8 Å². The standard InChI is InChI=1S/C13H17Cl2FN2O2S/c1-8(17)9-3-2-6-18(7-9)21(19,20)11-5-4-10(14)13(16)12(11)15/h4-5,8-9H,2-3,6-7,17H2,1H3. The molecule has 4 nitrogen and oxygen atoms in total. The topological polar surface area (TPSA) is 63.4 Å². The van der Waals surface area contributed by atoms with Crippen LogP contribution in [-0.2, 0) is 10.0 Å². The molecule has 2 N–H and O–H groups in total. The molecule has 118 valence electrons. The number of halogens is 3. The lowest BCUT2D eigenvalue weighted by Gasteiger charge is -2.33. The molecule has 2 atom stereocenters. The molecule has 1 aromatic rings. The molecule has 8 heteroatoms. The lowest BCUT2D eigenvalue weighted by Crippen LogP contribution is -2.45. The number of hydrogen-bond acceptors (Lipinski definition) is 3. The molecule has 0 saturated carbocycles. The van der Waals surface area contributed by atoms with Crippen LogP contribution < -0.4 is 5.73 Å². The zero-order valence-corrected chi connectivity index (χ0v) is 13.8. The lowest BCUT2D eigenvalue weighted by atomic mass is 9.93. The predicted molar refractivity (Wildman–Crippen MR) is 81.6 cm³/mol. The van der Waals surface area contributed by atoms with Crippen molar-refractivity contribution in [1.29, 1.82) is 0 Å². The van der Waals surface area contributed by atoms with Crippen molar-refractivity contribution in [2.24, 2.45) is 11.7 Å². The quantitative estimate of drug-likeness (QED) is 0.848. The van der Waals surface area contributed by atoms with Crippen molar-refractivity contribution in [1.82, 2.24) is 4.31 Å². The van der Waals surface area contributed by atoms with Gasteiger partial charge >= 0.3 is 0 Å². The van der Waals surface area contributed by atoms with Gasteiger partial charge < -0.3 is 5.73 Å². The van der Waals surface area contributed by atoms with Crippen LogP contribution in [0.15, 0.2) is 17.0 Å². The number of hydrogen-bond donors (Lipinski definition) is 1. The van der Waals surface area contributed by atoms with Crippen molar-refractivity contribution in [3.05, 3.63) is 28.0 Å². The monoisotopic (exact) mass is 354 g/mol. The van der Waals surface area contributed by atoms with E-state index in [2.05, 4.69) is 0 Å². The van der Waals surface area contributed by atoms with E-state index in [4.69, 9.17) is 28.9 Å². The van der Waals surface area contributed by atoms with Gasteiger partial charge in [-0.2, -0.15) is 4.31 Å². The zero-order chi connectivity index (χ0) is 15.8. The van der Waals surface area contributed by atoms with E-state index >= 15 is 0 Å². The summed E-state index contributed by atoms with van der Waals surface area (Å²) in [6, 6.07) is 2.33. The molecule has 2 unspecified atom stereocenters. The van der Waals surface area contributed by atoms with Crippen molar-refractivity contribution >= 4 is 33.2 Å². The minimum absolute atomic E-state index is 0.0875. The van der Waals surface area contributed by atoms with Gasteiger partial charge in [-0.3, -0.25) is 0 Å².